The lowest BCUT2D eigenvalue weighted by atomic mass is 9.85. The average molecular weight is 535 g/mol. The van der Waals surface area contributed by atoms with Crippen LogP contribution in [-0.2, 0) is 12.6 Å². The van der Waals surface area contributed by atoms with Gasteiger partial charge in [0.05, 0.1) is 6.20 Å². The Balaban J connectivity index is 1.18. The van der Waals surface area contributed by atoms with Crippen molar-refractivity contribution in [2.45, 2.75) is 12.0 Å². The minimum atomic E-state index is -2.95. The lowest BCUT2D eigenvalue weighted by Gasteiger charge is -2.35. The van der Waals surface area contributed by atoms with Crippen LogP contribution in [0.2, 0.25) is 0 Å². The molecule has 0 unspecified atom stereocenters. The maximum Gasteiger partial charge on any atom is 0.264 e. The fraction of sp³-hybridized carbons (Fsp3) is 0.269. The molecule has 0 aliphatic carbocycles. The van der Waals surface area contributed by atoms with Crippen LogP contribution in [0.25, 0.3) is 16.6 Å². The van der Waals surface area contributed by atoms with E-state index < -0.39 is 17.8 Å². The zero-order chi connectivity index (χ0) is 27.1. The third kappa shape index (κ3) is 4.44. The number of fused-ring (bicyclic) bond motifs is 1. The lowest BCUT2D eigenvalue weighted by Crippen LogP contribution is -2.48. The normalized spacial score (nSPS) is 15.7. The van der Waals surface area contributed by atoms with E-state index in [9.17, 15) is 13.2 Å². The Kier molecular flexibility index (Phi) is 6.14. The number of benzene rings is 1. The van der Waals surface area contributed by atoms with Crippen molar-refractivity contribution in [3.63, 3.8) is 0 Å². The number of aromatic nitrogens is 7. The van der Waals surface area contributed by atoms with Gasteiger partial charge in [-0.3, -0.25) is 4.68 Å². The van der Waals surface area contributed by atoms with E-state index in [0.717, 1.165) is 34.6 Å². The summed E-state index contributed by atoms with van der Waals surface area (Å²) in [5, 5.41) is 8.60. The van der Waals surface area contributed by atoms with Crippen LogP contribution < -0.4 is 15.5 Å². The topological polar surface area (TPSA) is 106 Å². The third-order valence-electron chi connectivity index (χ3n) is 7.07. The monoisotopic (exact) mass is 534 g/mol. The molecule has 1 aliphatic heterocycles. The molecule has 0 radical (unpaired) electrons. The molecule has 10 nitrogen and oxygen atoms in total. The molecule has 13 heteroatoms. The average Bonchev–Trinajstić information content (AvgIpc) is 3.59. The summed E-state index contributed by atoms with van der Waals surface area (Å²) in [7, 11) is 1.87. The summed E-state index contributed by atoms with van der Waals surface area (Å²) in [6.07, 6.45) is 6.93. The summed E-state index contributed by atoms with van der Waals surface area (Å²) < 4.78 is 45.1. The number of hydrogen-bond acceptors (Lipinski definition) is 8. The molecule has 0 spiro atoms. The van der Waals surface area contributed by atoms with Gasteiger partial charge in [-0.05, 0) is 23.8 Å². The molecule has 4 aromatic heterocycles. The van der Waals surface area contributed by atoms with Gasteiger partial charge in [0, 0.05) is 74.7 Å². The fourth-order valence-electron chi connectivity index (χ4n) is 4.85. The Labute approximate surface area is 221 Å². The highest BCUT2D eigenvalue weighted by atomic mass is 19.3. The SMILES string of the molecule is Cn1cc(-c2cc3c(N4CCN(c5ncc([C@](N)(c6ccc(F)cc6)C(F)F)cn5)CC4)ncnn3c2)cn1. The molecule has 0 bridgehead atoms. The molecule has 1 aliphatic rings. The van der Waals surface area contributed by atoms with Gasteiger partial charge in [-0.1, -0.05) is 12.1 Å². The number of hydrogen-bond donors (Lipinski definition) is 1. The van der Waals surface area contributed by atoms with Gasteiger partial charge in [0.25, 0.3) is 6.43 Å². The van der Waals surface area contributed by atoms with Crippen molar-refractivity contribution in [1.82, 2.24) is 34.3 Å². The van der Waals surface area contributed by atoms with E-state index in [2.05, 4.69) is 30.0 Å². The maximum atomic E-state index is 14.1. The van der Waals surface area contributed by atoms with E-state index in [1.807, 2.05) is 41.1 Å². The Bertz CT molecular complexity index is 1590. The second-order valence-corrected chi connectivity index (χ2v) is 9.47. The van der Waals surface area contributed by atoms with Crippen LogP contribution in [0.1, 0.15) is 11.1 Å². The number of nitrogens with two attached hydrogens (primary N) is 1. The Morgan fingerprint density at radius 3 is 2.18 bits per heavy atom. The molecule has 6 rings (SSSR count). The highest BCUT2D eigenvalue weighted by Crippen LogP contribution is 2.33. The van der Waals surface area contributed by atoms with Crippen molar-refractivity contribution in [2.24, 2.45) is 12.8 Å². The van der Waals surface area contributed by atoms with Crippen LogP contribution in [-0.4, -0.2) is 67.0 Å². The second kappa shape index (κ2) is 9.66. The number of halogens is 3. The third-order valence-corrected chi connectivity index (χ3v) is 7.07. The molecule has 1 saturated heterocycles. The zero-order valence-electron chi connectivity index (χ0n) is 21.0. The molecule has 5 aromatic rings. The largest absolute Gasteiger partial charge is 0.351 e. The molecule has 5 heterocycles. The quantitative estimate of drug-likeness (QED) is 0.355. The van der Waals surface area contributed by atoms with Gasteiger partial charge in [0.15, 0.2) is 5.82 Å². The smallest absolute Gasteiger partial charge is 0.264 e. The van der Waals surface area contributed by atoms with Crippen molar-refractivity contribution in [3.05, 3.63) is 84.6 Å². The minimum Gasteiger partial charge on any atom is -0.351 e. The standard InChI is InChI=1S/C26H25F3N10/c1-36-14-18(11-34-36)17-10-22-23(33-16-35-39(22)15-17)37-6-8-38(9-7-37)25-31-12-20(13-32-25)26(30,24(28)29)19-2-4-21(27)5-3-19/h2-5,10-16,24H,6-9,30H2,1H3/t26-/m1/s1. The van der Waals surface area contributed by atoms with E-state index in [-0.39, 0.29) is 11.1 Å². The first-order valence-electron chi connectivity index (χ1n) is 12.3. The van der Waals surface area contributed by atoms with Crippen LogP contribution in [0.15, 0.2) is 67.6 Å². The first-order chi connectivity index (χ1) is 18.8. The molecule has 0 amide bonds. The first kappa shape index (κ1) is 24.8. The Hall–Kier alpha value is -4.52. The minimum absolute atomic E-state index is 0.0486. The Morgan fingerprint density at radius 2 is 1.54 bits per heavy atom. The lowest BCUT2D eigenvalue weighted by molar-refractivity contribution is 0.0738. The summed E-state index contributed by atoms with van der Waals surface area (Å²) in [5.74, 6) is 0.707. The summed E-state index contributed by atoms with van der Waals surface area (Å²) in [5.41, 5.74) is 6.99. The molecule has 0 saturated carbocycles. The molecule has 2 N–H and O–H groups in total. The van der Waals surface area contributed by atoms with Gasteiger partial charge in [-0.2, -0.15) is 10.2 Å². The number of rotatable bonds is 6. The summed E-state index contributed by atoms with van der Waals surface area (Å²) in [6.45, 7) is 2.51. The summed E-state index contributed by atoms with van der Waals surface area (Å²) in [4.78, 5) is 17.4. The molecule has 1 aromatic carbocycles. The van der Waals surface area contributed by atoms with Gasteiger partial charge in [-0.25, -0.2) is 32.6 Å². The summed E-state index contributed by atoms with van der Waals surface area (Å²) in [6, 6.07) is 6.76. The molecule has 1 atom stereocenters. The number of piperazine rings is 1. The van der Waals surface area contributed by atoms with Gasteiger partial charge in [0.2, 0.25) is 5.95 Å². The zero-order valence-corrected chi connectivity index (χ0v) is 21.0. The van der Waals surface area contributed by atoms with Crippen molar-refractivity contribution < 1.29 is 13.2 Å². The molecule has 1 fully saturated rings. The molecule has 200 valence electrons. The van der Waals surface area contributed by atoms with Crippen LogP contribution in [0, 0.1) is 5.82 Å². The van der Waals surface area contributed by atoms with Crippen molar-refractivity contribution >= 4 is 17.3 Å². The van der Waals surface area contributed by atoms with Gasteiger partial charge in [0.1, 0.15) is 23.2 Å². The van der Waals surface area contributed by atoms with Crippen molar-refractivity contribution in [2.75, 3.05) is 36.0 Å². The molecular formula is C26H25F3N10. The van der Waals surface area contributed by atoms with Crippen LogP contribution in [0.5, 0.6) is 0 Å². The van der Waals surface area contributed by atoms with E-state index in [4.69, 9.17) is 5.73 Å². The Morgan fingerprint density at radius 1 is 0.846 bits per heavy atom. The highest BCUT2D eigenvalue weighted by molar-refractivity contribution is 5.77. The molecular weight excluding hydrogens is 509 g/mol. The second-order valence-electron chi connectivity index (χ2n) is 9.47. The van der Waals surface area contributed by atoms with E-state index in [1.54, 1.807) is 4.68 Å². The van der Waals surface area contributed by atoms with E-state index in [1.165, 1.54) is 30.9 Å². The van der Waals surface area contributed by atoms with Crippen LogP contribution in [0.4, 0.5) is 24.9 Å². The van der Waals surface area contributed by atoms with Crippen molar-refractivity contribution in [3.8, 4) is 11.1 Å². The number of anilines is 2. The van der Waals surface area contributed by atoms with Crippen LogP contribution in [0.3, 0.4) is 0 Å². The number of nitrogens with zero attached hydrogens (tertiary/aromatic N) is 9. The maximum absolute atomic E-state index is 14.1. The van der Waals surface area contributed by atoms with E-state index in [0.29, 0.717) is 32.1 Å². The first-order valence-corrected chi connectivity index (χ1v) is 12.3. The van der Waals surface area contributed by atoms with Crippen LogP contribution >= 0.6 is 0 Å². The van der Waals surface area contributed by atoms with Crippen molar-refractivity contribution in [1.29, 1.82) is 0 Å². The molecule has 39 heavy (non-hydrogen) atoms. The van der Waals surface area contributed by atoms with Gasteiger partial charge >= 0.3 is 0 Å². The number of aryl methyl sites for hydroxylation is 1. The predicted molar refractivity (Wildman–Crippen MR) is 139 cm³/mol. The fourth-order valence-corrected chi connectivity index (χ4v) is 4.85. The summed E-state index contributed by atoms with van der Waals surface area (Å²) >= 11 is 0. The van der Waals surface area contributed by atoms with E-state index >= 15 is 0 Å². The predicted octanol–water partition coefficient (Wildman–Crippen LogP) is 2.85. The number of alkyl halides is 2. The highest BCUT2D eigenvalue weighted by Gasteiger charge is 2.40. The van der Waals surface area contributed by atoms with Gasteiger partial charge < -0.3 is 15.5 Å². The van der Waals surface area contributed by atoms with Gasteiger partial charge in [-0.15, -0.1) is 0 Å².